The standard InChI is InChI=1S/C10H13BrO2/c1-10(2)12-6-9(13-10)8-5-7(8)3-4-11/h7-9H,5-6H2,1-2H3/t7-,8-,9?/m1/s1. The highest BCUT2D eigenvalue weighted by molar-refractivity contribution is 9.12. The summed E-state index contributed by atoms with van der Waals surface area (Å²) in [6, 6.07) is 0. The number of hydrogen-bond donors (Lipinski definition) is 0. The lowest BCUT2D eigenvalue weighted by atomic mass is 10.2. The molecule has 1 saturated heterocycles. The Hall–Kier alpha value is -0.0400. The molecule has 1 aliphatic carbocycles. The van der Waals surface area contributed by atoms with Crippen LogP contribution in [-0.4, -0.2) is 18.5 Å². The SMILES string of the molecule is CC1(C)OCC([C@@H]2C[C@H]2C#CBr)O1. The maximum Gasteiger partial charge on any atom is 0.163 e. The van der Waals surface area contributed by atoms with Crippen LogP contribution in [0.4, 0.5) is 0 Å². The van der Waals surface area contributed by atoms with E-state index in [1.807, 2.05) is 13.8 Å². The molecule has 2 aliphatic rings. The lowest BCUT2D eigenvalue weighted by molar-refractivity contribution is -0.140. The molecule has 72 valence electrons. The van der Waals surface area contributed by atoms with E-state index in [4.69, 9.17) is 9.47 Å². The lowest BCUT2D eigenvalue weighted by Crippen LogP contribution is -2.22. The molecule has 1 unspecified atom stereocenters. The highest BCUT2D eigenvalue weighted by Crippen LogP contribution is 2.45. The molecule has 0 N–H and O–H groups in total. The molecule has 1 heterocycles. The second-order valence-corrected chi connectivity index (χ2v) is 4.51. The molecular weight excluding hydrogens is 232 g/mol. The zero-order valence-electron chi connectivity index (χ0n) is 7.84. The molecule has 1 aliphatic heterocycles. The molecule has 3 heteroatoms. The van der Waals surface area contributed by atoms with Gasteiger partial charge < -0.3 is 9.47 Å². The van der Waals surface area contributed by atoms with Gasteiger partial charge in [0.1, 0.15) is 0 Å². The summed E-state index contributed by atoms with van der Waals surface area (Å²) in [5, 5.41) is 0. The summed E-state index contributed by atoms with van der Waals surface area (Å²) in [7, 11) is 0. The fourth-order valence-corrected chi connectivity index (χ4v) is 2.08. The predicted molar refractivity (Wildman–Crippen MR) is 53.2 cm³/mol. The highest BCUT2D eigenvalue weighted by atomic mass is 79.9. The minimum Gasteiger partial charge on any atom is -0.348 e. The average Bonchev–Trinajstić information content (AvgIpc) is 2.70. The molecule has 0 aromatic rings. The van der Waals surface area contributed by atoms with Crippen LogP contribution in [0.5, 0.6) is 0 Å². The van der Waals surface area contributed by atoms with Crippen LogP contribution in [0.15, 0.2) is 0 Å². The second kappa shape index (κ2) is 3.27. The van der Waals surface area contributed by atoms with Gasteiger partial charge in [0.15, 0.2) is 5.79 Å². The molecule has 0 amide bonds. The van der Waals surface area contributed by atoms with Crippen molar-refractivity contribution in [1.29, 1.82) is 0 Å². The topological polar surface area (TPSA) is 18.5 Å². The number of rotatable bonds is 1. The Kier molecular flexibility index (Phi) is 2.39. The maximum absolute atomic E-state index is 5.74. The van der Waals surface area contributed by atoms with E-state index in [2.05, 4.69) is 26.7 Å². The number of ether oxygens (including phenoxy) is 2. The fraction of sp³-hybridized carbons (Fsp3) is 0.800. The van der Waals surface area contributed by atoms with Gasteiger partial charge in [-0.15, -0.1) is 0 Å². The van der Waals surface area contributed by atoms with Crippen LogP contribution in [0.25, 0.3) is 0 Å². The van der Waals surface area contributed by atoms with Gasteiger partial charge in [-0.2, -0.15) is 0 Å². The first-order valence-electron chi connectivity index (χ1n) is 4.55. The average molecular weight is 245 g/mol. The minimum absolute atomic E-state index is 0.258. The van der Waals surface area contributed by atoms with Gasteiger partial charge in [-0.25, -0.2) is 0 Å². The van der Waals surface area contributed by atoms with Gasteiger partial charge in [0.25, 0.3) is 0 Å². The van der Waals surface area contributed by atoms with E-state index in [0.717, 1.165) is 13.0 Å². The van der Waals surface area contributed by atoms with Gasteiger partial charge in [0, 0.05) is 27.8 Å². The third-order valence-corrected chi connectivity index (χ3v) is 2.82. The summed E-state index contributed by atoms with van der Waals surface area (Å²) in [5.74, 6) is 3.82. The Morgan fingerprint density at radius 1 is 1.46 bits per heavy atom. The van der Waals surface area contributed by atoms with E-state index in [1.165, 1.54) is 0 Å². The quantitative estimate of drug-likeness (QED) is 0.659. The molecule has 0 radical (unpaired) electrons. The summed E-state index contributed by atoms with van der Waals surface area (Å²) in [6.45, 7) is 4.64. The summed E-state index contributed by atoms with van der Waals surface area (Å²) in [6.07, 6.45) is 1.41. The third kappa shape index (κ3) is 2.07. The molecule has 1 saturated carbocycles. The number of halogens is 1. The Morgan fingerprint density at radius 3 is 2.77 bits per heavy atom. The van der Waals surface area contributed by atoms with E-state index in [-0.39, 0.29) is 11.9 Å². The molecule has 13 heavy (non-hydrogen) atoms. The van der Waals surface area contributed by atoms with E-state index in [0.29, 0.717) is 11.8 Å². The van der Waals surface area contributed by atoms with E-state index in [9.17, 15) is 0 Å². The normalized spacial score (nSPS) is 41.0. The van der Waals surface area contributed by atoms with E-state index in [1.54, 1.807) is 0 Å². The molecule has 0 aromatic heterocycles. The van der Waals surface area contributed by atoms with Gasteiger partial charge in [-0.05, 0) is 25.1 Å². The van der Waals surface area contributed by atoms with Crippen LogP contribution < -0.4 is 0 Å². The van der Waals surface area contributed by atoms with Gasteiger partial charge in [-0.3, -0.25) is 0 Å². The first kappa shape index (κ1) is 9.51. The van der Waals surface area contributed by atoms with Gasteiger partial charge in [-0.1, -0.05) is 5.92 Å². The largest absolute Gasteiger partial charge is 0.348 e. The molecule has 2 rings (SSSR count). The molecule has 3 atom stereocenters. The van der Waals surface area contributed by atoms with Crippen molar-refractivity contribution in [3.63, 3.8) is 0 Å². The van der Waals surface area contributed by atoms with Crippen molar-refractivity contribution >= 4 is 15.9 Å². The Bertz CT molecular complexity index is 264. The summed E-state index contributed by atoms with van der Waals surface area (Å²) in [5.41, 5.74) is 0. The van der Waals surface area contributed by atoms with Gasteiger partial charge >= 0.3 is 0 Å². The van der Waals surface area contributed by atoms with Gasteiger partial charge in [0.05, 0.1) is 12.7 Å². The molecular formula is C10H13BrO2. The zero-order chi connectivity index (χ0) is 9.47. The first-order chi connectivity index (χ1) is 6.12. The van der Waals surface area contributed by atoms with E-state index < -0.39 is 0 Å². The van der Waals surface area contributed by atoms with Crippen molar-refractivity contribution < 1.29 is 9.47 Å². The van der Waals surface area contributed by atoms with Crippen LogP contribution in [0, 0.1) is 22.6 Å². The second-order valence-electron chi connectivity index (χ2n) is 4.11. The summed E-state index contributed by atoms with van der Waals surface area (Å²) in [4.78, 5) is 2.77. The van der Waals surface area contributed by atoms with Crippen molar-refractivity contribution in [2.45, 2.75) is 32.2 Å². The van der Waals surface area contributed by atoms with Crippen LogP contribution >= 0.6 is 15.9 Å². The van der Waals surface area contributed by atoms with Crippen LogP contribution in [0.2, 0.25) is 0 Å². The highest BCUT2D eigenvalue weighted by Gasteiger charge is 2.48. The summed E-state index contributed by atoms with van der Waals surface area (Å²) >= 11 is 3.12. The molecule has 0 spiro atoms. The molecule has 2 fully saturated rings. The van der Waals surface area contributed by atoms with Crippen LogP contribution in [-0.2, 0) is 9.47 Å². The monoisotopic (exact) mass is 244 g/mol. The Labute approximate surface area is 87.1 Å². The van der Waals surface area contributed by atoms with Crippen molar-refractivity contribution in [3.8, 4) is 10.8 Å². The van der Waals surface area contributed by atoms with E-state index >= 15 is 0 Å². The fourth-order valence-electron chi connectivity index (χ4n) is 1.79. The maximum atomic E-state index is 5.74. The van der Waals surface area contributed by atoms with Crippen molar-refractivity contribution in [3.05, 3.63) is 0 Å². The lowest BCUT2D eigenvalue weighted by Gasteiger charge is -2.16. The first-order valence-corrected chi connectivity index (χ1v) is 5.34. The minimum atomic E-state index is -0.389. The zero-order valence-corrected chi connectivity index (χ0v) is 9.43. The van der Waals surface area contributed by atoms with Gasteiger partial charge in [0.2, 0.25) is 0 Å². The predicted octanol–water partition coefficient (Wildman–Crippen LogP) is 2.13. The Morgan fingerprint density at radius 2 is 2.23 bits per heavy atom. The Balaban J connectivity index is 1.88. The molecule has 2 nitrogen and oxygen atoms in total. The van der Waals surface area contributed by atoms with Crippen LogP contribution in [0.1, 0.15) is 20.3 Å². The molecule has 0 aromatic carbocycles. The van der Waals surface area contributed by atoms with Crippen molar-refractivity contribution in [2.75, 3.05) is 6.61 Å². The van der Waals surface area contributed by atoms with Crippen molar-refractivity contribution in [2.24, 2.45) is 11.8 Å². The number of hydrogen-bond acceptors (Lipinski definition) is 2. The van der Waals surface area contributed by atoms with Crippen molar-refractivity contribution in [1.82, 2.24) is 0 Å². The smallest absolute Gasteiger partial charge is 0.163 e. The molecule has 0 bridgehead atoms. The van der Waals surface area contributed by atoms with Crippen LogP contribution in [0.3, 0.4) is 0 Å². The third-order valence-electron chi connectivity index (χ3n) is 2.59. The summed E-state index contributed by atoms with van der Waals surface area (Å²) < 4.78 is 11.2.